The maximum Gasteiger partial charge on any atom is 2.00 e. The molecule has 0 heterocycles. The summed E-state index contributed by atoms with van der Waals surface area (Å²) in [6, 6.07) is 9.45. The minimum atomic E-state index is 0. The molecule has 0 atom stereocenters. The van der Waals surface area contributed by atoms with Crippen LogP contribution in [0, 0.1) is 6.07 Å². The number of benzene rings is 1. The molecule has 0 aliphatic carbocycles. The van der Waals surface area contributed by atoms with E-state index in [0.29, 0.717) is 0 Å². The van der Waals surface area contributed by atoms with Crippen LogP contribution < -0.4 is 5.73 Å². The van der Waals surface area contributed by atoms with Crippen molar-refractivity contribution < 1.29 is 19.5 Å². The van der Waals surface area contributed by atoms with Gasteiger partial charge >= 0.3 is 19.5 Å². The smallest absolute Gasteiger partial charge is 0.415 e. The van der Waals surface area contributed by atoms with Gasteiger partial charge in [0.05, 0.1) is 0 Å². The summed E-state index contributed by atoms with van der Waals surface area (Å²) in [4.78, 5) is 0. The zero-order valence-electron chi connectivity index (χ0n) is 9.25. The van der Waals surface area contributed by atoms with Crippen LogP contribution >= 0.6 is 12.2 Å². The fourth-order valence-electron chi connectivity index (χ4n) is 1.17. The largest absolute Gasteiger partial charge is 2.00 e. The summed E-state index contributed by atoms with van der Waals surface area (Å²) in [6.45, 7) is 4.35. The molecule has 0 radical (unpaired) electrons. The molecule has 0 spiro atoms. The summed E-state index contributed by atoms with van der Waals surface area (Å²) in [6.07, 6.45) is 2.23. The molecule has 0 fully saturated rings. The van der Waals surface area contributed by atoms with E-state index in [0.717, 1.165) is 12.8 Å². The summed E-state index contributed by atoms with van der Waals surface area (Å²) in [5.41, 5.74) is 7.46. The van der Waals surface area contributed by atoms with E-state index in [1.165, 1.54) is 11.1 Å². The summed E-state index contributed by atoms with van der Waals surface area (Å²) < 4.78 is 0.0833. The van der Waals surface area contributed by atoms with E-state index in [1.54, 1.807) is 0 Å². The van der Waals surface area contributed by atoms with Crippen LogP contribution in [-0.2, 0) is 44.9 Å². The van der Waals surface area contributed by atoms with Crippen molar-refractivity contribution >= 4 is 29.2 Å². The molecule has 1 nitrogen and oxygen atoms in total. The van der Waals surface area contributed by atoms with Crippen molar-refractivity contribution in [2.24, 2.45) is 5.73 Å². The first kappa shape index (κ1) is 17.4. The van der Waals surface area contributed by atoms with Crippen molar-refractivity contribution in [3.63, 3.8) is 0 Å². The molecule has 0 aliphatic heterocycles. The third-order valence-electron chi connectivity index (χ3n) is 1.77. The first-order valence-electron chi connectivity index (χ1n) is 4.56. The zero-order chi connectivity index (χ0) is 11.0. The van der Waals surface area contributed by atoms with Gasteiger partial charge in [-0.1, -0.05) is 31.0 Å². The molecule has 15 heavy (non-hydrogen) atoms. The fraction of sp³-hybridized carbons (Fsp3) is 0.364. The van der Waals surface area contributed by atoms with Crippen LogP contribution in [-0.4, -0.2) is 4.32 Å². The van der Waals surface area contributed by atoms with Gasteiger partial charge < -0.3 is 30.6 Å². The maximum absolute atomic E-state index is 4.66. The SMILES string of the molecule is CCc1[c-]cccc1CC.NC(=S)[S-].[Zn+2]. The summed E-state index contributed by atoms with van der Waals surface area (Å²) in [5, 5.41) is 0. The molecule has 1 aromatic carbocycles. The second kappa shape index (κ2) is 10.5. The van der Waals surface area contributed by atoms with Crippen LogP contribution in [0.2, 0.25) is 0 Å². The van der Waals surface area contributed by atoms with Crippen molar-refractivity contribution in [1.82, 2.24) is 0 Å². The molecular formula is C11H15NS2Zn. The molecule has 0 amide bonds. The molecule has 0 saturated carbocycles. The van der Waals surface area contributed by atoms with Gasteiger partial charge in [-0.15, -0.1) is 0 Å². The summed E-state index contributed by atoms with van der Waals surface area (Å²) >= 11 is 8.26. The number of nitrogens with two attached hydrogens (primary N) is 1. The number of thiocarbonyl (C=S) groups is 1. The molecule has 0 aliphatic rings. The van der Waals surface area contributed by atoms with Gasteiger partial charge in [-0.3, -0.25) is 0 Å². The zero-order valence-corrected chi connectivity index (χ0v) is 13.8. The Bertz CT molecular complexity index is 263. The Hall–Kier alpha value is -0.0466. The van der Waals surface area contributed by atoms with E-state index in [-0.39, 0.29) is 23.8 Å². The van der Waals surface area contributed by atoms with Crippen LogP contribution in [0.15, 0.2) is 18.2 Å². The molecule has 0 aromatic heterocycles. The Morgan fingerprint density at radius 1 is 1.47 bits per heavy atom. The van der Waals surface area contributed by atoms with E-state index in [1.807, 2.05) is 6.07 Å². The molecule has 1 aromatic rings. The monoisotopic (exact) mass is 289 g/mol. The van der Waals surface area contributed by atoms with E-state index in [9.17, 15) is 0 Å². The Labute approximate surface area is 116 Å². The molecule has 0 saturated heterocycles. The van der Waals surface area contributed by atoms with Crippen LogP contribution in [0.3, 0.4) is 0 Å². The predicted octanol–water partition coefficient (Wildman–Crippen LogP) is 2.39. The minimum absolute atomic E-state index is 0. The number of hydrogen-bond donors (Lipinski definition) is 1. The molecule has 78 valence electrons. The van der Waals surface area contributed by atoms with Gasteiger partial charge in [0.1, 0.15) is 0 Å². The molecule has 2 N–H and O–H groups in total. The topological polar surface area (TPSA) is 26.0 Å². The normalized spacial score (nSPS) is 8.13. The van der Waals surface area contributed by atoms with Gasteiger partial charge in [-0.25, -0.2) is 0 Å². The Morgan fingerprint density at radius 3 is 2.33 bits per heavy atom. The molecule has 1 rings (SSSR count). The fourth-order valence-corrected chi connectivity index (χ4v) is 1.17. The van der Waals surface area contributed by atoms with Gasteiger partial charge in [-0.05, 0) is 0 Å². The average molecular weight is 291 g/mol. The number of hydrogen-bond acceptors (Lipinski definition) is 2. The second-order valence-electron chi connectivity index (χ2n) is 2.70. The van der Waals surface area contributed by atoms with Gasteiger partial charge in [0, 0.05) is 0 Å². The average Bonchev–Trinajstić information content (AvgIpc) is 2.17. The first-order chi connectivity index (χ1) is 6.61. The Morgan fingerprint density at radius 2 is 2.00 bits per heavy atom. The number of rotatable bonds is 2. The van der Waals surface area contributed by atoms with E-state index < -0.39 is 0 Å². The van der Waals surface area contributed by atoms with Crippen LogP contribution in [0.4, 0.5) is 0 Å². The van der Waals surface area contributed by atoms with Gasteiger partial charge in [0.15, 0.2) is 0 Å². The van der Waals surface area contributed by atoms with E-state index >= 15 is 0 Å². The Balaban J connectivity index is 0. The van der Waals surface area contributed by atoms with Gasteiger partial charge in [-0.2, -0.15) is 35.4 Å². The minimum Gasteiger partial charge on any atom is -0.415 e. The Kier molecular flexibility index (Phi) is 12.1. The quantitative estimate of drug-likeness (QED) is 0.392. The molecule has 0 bridgehead atoms. The predicted molar refractivity (Wildman–Crippen MR) is 68.2 cm³/mol. The van der Waals surface area contributed by atoms with Crippen molar-refractivity contribution in [2.45, 2.75) is 26.7 Å². The van der Waals surface area contributed by atoms with Crippen molar-refractivity contribution in [1.29, 1.82) is 0 Å². The third-order valence-corrected chi connectivity index (χ3v) is 1.77. The molecule has 4 heteroatoms. The van der Waals surface area contributed by atoms with E-state index in [2.05, 4.69) is 62.6 Å². The van der Waals surface area contributed by atoms with Crippen LogP contribution in [0.25, 0.3) is 0 Å². The molecular weight excluding hydrogens is 276 g/mol. The van der Waals surface area contributed by atoms with Gasteiger partial charge in [0.25, 0.3) is 0 Å². The molecule has 0 unspecified atom stereocenters. The maximum atomic E-state index is 4.66. The van der Waals surface area contributed by atoms with Crippen molar-refractivity contribution in [3.05, 3.63) is 35.4 Å². The summed E-state index contributed by atoms with van der Waals surface area (Å²) in [5.74, 6) is 0. The summed E-state index contributed by atoms with van der Waals surface area (Å²) in [7, 11) is 0. The van der Waals surface area contributed by atoms with Crippen molar-refractivity contribution in [3.8, 4) is 0 Å². The van der Waals surface area contributed by atoms with Crippen molar-refractivity contribution in [2.75, 3.05) is 0 Å². The first-order valence-corrected chi connectivity index (χ1v) is 5.38. The van der Waals surface area contributed by atoms with Crippen LogP contribution in [0.5, 0.6) is 0 Å². The number of aryl methyl sites for hydroxylation is 2. The standard InChI is InChI=1S/C10H13.CH3NS2.Zn/c1-3-9-7-5-6-8-10(9)4-2;2-1(3)4;/h5-7H,3-4H2,1-2H3;(H3,2,3,4);/q-1;;+2/p-1. The second-order valence-corrected chi connectivity index (χ2v) is 3.84. The van der Waals surface area contributed by atoms with E-state index in [4.69, 9.17) is 0 Å². The third kappa shape index (κ3) is 8.92. The van der Waals surface area contributed by atoms with Crippen LogP contribution in [0.1, 0.15) is 25.0 Å². The van der Waals surface area contributed by atoms with Gasteiger partial charge in [0.2, 0.25) is 0 Å².